The molecule has 0 spiro atoms. The second-order valence-corrected chi connectivity index (χ2v) is 3.69. The Balaban J connectivity index is 2.79. The quantitative estimate of drug-likeness (QED) is 0.717. The van der Waals surface area contributed by atoms with Gasteiger partial charge in [0.1, 0.15) is 0 Å². The van der Waals surface area contributed by atoms with E-state index < -0.39 is 0 Å². The van der Waals surface area contributed by atoms with Crippen LogP contribution < -0.4 is 4.74 Å². The van der Waals surface area contributed by atoms with Crippen LogP contribution in [0.4, 0.5) is 4.39 Å². The standard InChI is InChI=1S/C12H17FO/c1-4-9(2)7-10-5-6-11(13)12(8-10)14-3/h5-6,8-9H,4,7H2,1-3H3. The van der Waals surface area contributed by atoms with Crippen molar-refractivity contribution in [2.75, 3.05) is 7.11 Å². The molecule has 0 saturated carbocycles. The Hall–Kier alpha value is -1.05. The summed E-state index contributed by atoms with van der Waals surface area (Å²) >= 11 is 0. The largest absolute Gasteiger partial charge is 0.494 e. The zero-order valence-electron chi connectivity index (χ0n) is 9.01. The van der Waals surface area contributed by atoms with Crippen LogP contribution in [0.15, 0.2) is 18.2 Å². The summed E-state index contributed by atoms with van der Waals surface area (Å²) in [6, 6.07) is 5.07. The molecule has 0 fully saturated rings. The number of benzene rings is 1. The number of methoxy groups -OCH3 is 1. The lowest BCUT2D eigenvalue weighted by atomic mass is 9.99. The third-order valence-electron chi connectivity index (χ3n) is 2.50. The van der Waals surface area contributed by atoms with Crippen molar-refractivity contribution in [3.8, 4) is 5.75 Å². The molecule has 2 heteroatoms. The van der Waals surface area contributed by atoms with E-state index in [1.54, 1.807) is 6.07 Å². The third-order valence-corrected chi connectivity index (χ3v) is 2.50. The fraction of sp³-hybridized carbons (Fsp3) is 0.500. The average molecular weight is 196 g/mol. The van der Waals surface area contributed by atoms with E-state index in [4.69, 9.17) is 4.74 Å². The molecule has 0 aromatic heterocycles. The summed E-state index contributed by atoms with van der Waals surface area (Å²) in [7, 11) is 1.49. The summed E-state index contributed by atoms with van der Waals surface area (Å²) in [5, 5.41) is 0. The van der Waals surface area contributed by atoms with Gasteiger partial charge in [-0.2, -0.15) is 0 Å². The smallest absolute Gasteiger partial charge is 0.165 e. The van der Waals surface area contributed by atoms with E-state index in [1.807, 2.05) is 6.07 Å². The van der Waals surface area contributed by atoms with Gasteiger partial charge in [-0.3, -0.25) is 0 Å². The fourth-order valence-corrected chi connectivity index (χ4v) is 1.38. The SMILES string of the molecule is CCC(C)Cc1ccc(F)c(OC)c1. The molecule has 0 heterocycles. The highest BCUT2D eigenvalue weighted by molar-refractivity contribution is 5.30. The summed E-state index contributed by atoms with van der Waals surface area (Å²) in [5.74, 6) is 0.677. The van der Waals surface area contributed by atoms with E-state index in [2.05, 4.69) is 13.8 Å². The maximum Gasteiger partial charge on any atom is 0.165 e. The van der Waals surface area contributed by atoms with E-state index >= 15 is 0 Å². The van der Waals surface area contributed by atoms with E-state index in [1.165, 1.54) is 13.2 Å². The molecule has 1 rings (SSSR count). The molecule has 0 saturated heterocycles. The van der Waals surface area contributed by atoms with E-state index in [0.717, 1.165) is 18.4 Å². The van der Waals surface area contributed by atoms with Crippen LogP contribution in [0.3, 0.4) is 0 Å². The van der Waals surface area contributed by atoms with Crippen molar-refractivity contribution in [1.82, 2.24) is 0 Å². The first-order valence-electron chi connectivity index (χ1n) is 4.99. The molecular formula is C12H17FO. The second kappa shape index (κ2) is 4.99. The molecule has 0 aliphatic heterocycles. The molecule has 0 bridgehead atoms. The van der Waals surface area contributed by atoms with Crippen LogP contribution in [0.25, 0.3) is 0 Å². The van der Waals surface area contributed by atoms with Crippen molar-refractivity contribution >= 4 is 0 Å². The van der Waals surface area contributed by atoms with Gasteiger partial charge in [0.2, 0.25) is 0 Å². The molecule has 0 N–H and O–H groups in total. The molecule has 0 amide bonds. The van der Waals surface area contributed by atoms with Crippen LogP contribution >= 0.6 is 0 Å². The number of hydrogen-bond donors (Lipinski definition) is 0. The maximum absolute atomic E-state index is 13.1. The minimum Gasteiger partial charge on any atom is -0.494 e. The van der Waals surface area contributed by atoms with Gasteiger partial charge in [0.05, 0.1) is 7.11 Å². The molecule has 0 radical (unpaired) electrons. The lowest BCUT2D eigenvalue weighted by Gasteiger charge is -2.09. The van der Waals surface area contributed by atoms with Crippen molar-refractivity contribution < 1.29 is 9.13 Å². The van der Waals surface area contributed by atoms with Crippen molar-refractivity contribution in [2.24, 2.45) is 5.92 Å². The molecule has 0 aliphatic rings. The Morgan fingerprint density at radius 3 is 2.71 bits per heavy atom. The highest BCUT2D eigenvalue weighted by Gasteiger charge is 2.05. The third kappa shape index (κ3) is 2.72. The van der Waals surface area contributed by atoms with Gasteiger partial charge in [-0.25, -0.2) is 4.39 Å². The van der Waals surface area contributed by atoms with Crippen molar-refractivity contribution in [1.29, 1.82) is 0 Å². The van der Waals surface area contributed by atoms with Crippen molar-refractivity contribution in [2.45, 2.75) is 26.7 Å². The van der Waals surface area contributed by atoms with Gasteiger partial charge in [-0.1, -0.05) is 26.3 Å². The minimum atomic E-state index is -0.291. The van der Waals surface area contributed by atoms with Gasteiger partial charge in [0.25, 0.3) is 0 Å². The zero-order valence-corrected chi connectivity index (χ0v) is 9.01. The van der Waals surface area contributed by atoms with E-state index in [0.29, 0.717) is 11.7 Å². The first-order chi connectivity index (χ1) is 6.67. The number of rotatable bonds is 4. The molecule has 0 aliphatic carbocycles. The Bertz CT molecular complexity index is 296. The molecule has 1 atom stereocenters. The van der Waals surface area contributed by atoms with Gasteiger partial charge < -0.3 is 4.74 Å². The van der Waals surface area contributed by atoms with Crippen molar-refractivity contribution in [3.63, 3.8) is 0 Å². The number of hydrogen-bond acceptors (Lipinski definition) is 1. The Kier molecular flexibility index (Phi) is 3.93. The first kappa shape index (κ1) is 11.0. The topological polar surface area (TPSA) is 9.23 Å². The van der Waals surface area contributed by atoms with Crippen LogP contribution in [0.2, 0.25) is 0 Å². The van der Waals surface area contributed by atoms with Gasteiger partial charge >= 0.3 is 0 Å². The van der Waals surface area contributed by atoms with Gasteiger partial charge in [0, 0.05) is 0 Å². The summed E-state index contributed by atoms with van der Waals surface area (Å²) in [6.07, 6.45) is 2.12. The first-order valence-corrected chi connectivity index (χ1v) is 4.99. The van der Waals surface area contributed by atoms with Crippen LogP contribution in [0, 0.1) is 11.7 Å². The number of halogens is 1. The molecule has 1 aromatic rings. The van der Waals surface area contributed by atoms with E-state index in [9.17, 15) is 4.39 Å². The monoisotopic (exact) mass is 196 g/mol. The molecule has 14 heavy (non-hydrogen) atoms. The zero-order chi connectivity index (χ0) is 10.6. The molecular weight excluding hydrogens is 179 g/mol. The minimum absolute atomic E-state index is 0.291. The van der Waals surface area contributed by atoms with Gasteiger partial charge in [-0.05, 0) is 30.0 Å². The molecule has 1 nitrogen and oxygen atoms in total. The lowest BCUT2D eigenvalue weighted by molar-refractivity contribution is 0.385. The predicted octanol–water partition coefficient (Wildman–Crippen LogP) is 3.42. The van der Waals surface area contributed by atoms with Crippen LogP contribution in [-0.4, -0.2) is 7.11 Å². The van der Waals surface area contributed by atoms with Gasteiger partial charge in [-0.15, -0.1) is 0 Å². The number of ether oxygens (including phenoxy) is 1. The summed E-state index contributed by atoms with van der Waals surface area (Å²) < 4.78 is 18.0. The lowest BCUT2D eigenvalue weighted by Crippen LogP contribution is -1.99. The molecule has 1 aromatic carbocycles. The Morgan fingerprint density at radius 2 is 2.14 bits per heavy atom. The maximum atomic E-state index is 13.1. The van der Waals surface area contributed by atoms with E-state index in [-0.39, 0.29) is 5.82 Å². The van der Waals surface area contributed by atoms with Crippen LogP contribution in [0.5, 0.6) is 5.75 Å². The van der Waals surface area contributed by atoms with Gasteiger partial charge in [0.15, 0.2) is 11.6 Å². The predicted molar refractivity (Wildman–Crippen MR) is 56.1 cm³/mol. The fourth-order valence-electron chi connectivity index (χ4n) is 1.38. The average Bonchev–Trinajstić information content (AvgIpc) is 2.20. The highest BCUT2D eigenvalue weighted by atomic mass is 19.1. The summed E-state index contributed by atoms with van der Waals surface area (Å²) in [5.41, 5.74) is 1.14. The summed E-state index contributed by atoms with van der Waals surface area (Å²) in [6.45, 7) is 4.35. The molecule has 78 valence electrons. The van der Waals surface area contributed by atoms with Crippen molar-refractivity contribution in [3.05, 3.63) is 29.6 Å². The highest BCUT2D eigenvalue weighted by Crippen LogP contribution is 2.20. The Labute approximate surface area is 84.9 Å². The van der Waals surface area contributed by atoms with Crippen LogP contribution in [0.1, 0.15) is 25.8 Å². The van der Waals surface area contributed by atoms with Crippen LogP contribution in [-0.2, 0) is 6.42 Å². The normalized spacial score (nSPS) is 12.6. The Morgan fingerprint density at radius 1 is 1.43 bits per heavy atom. The second-order valence-electron chi connectivity index (χ2n) is 3.69. The molecule has 1 unspecified atom stereocenters. The summed E-state index contributed by atoms with van der Waals surface area (Å²) in [4.78, 5) is 0.